The van der Waals surface area contributed by atoms with Crippen LogP contribution >= 0.6 is 11.8 Å². The third-order valence-electron chi connectivity index (χ3n) is 4.66. The number of hydrogen-bond acceptors (Lipinski definition) is 3. The zero-order valence-corrected chi connectivity index (χ0v) is 14.2. The summed E-state index contributed by atoms with van der Waals surface area (Å²) in [6.07, 6.45) is 1.96. The van der Waals surface area contributed by atoms with Crippen LogP contribution in [0.1, 0.15) is 18.4 Å². The first-order valence-electron chi connectivity index (χ1n) is 7.78. The summed E-state index contributed by atoms with van der Waals surface area (Å²) >= 11 is 1.60. The number of nitrogens with zero attached hydrogens (tertiary/aromatic N) is 2. The van der Waals surface area contributed by atoms with Crippen LogP contribution in [-0.4, -0.2) is 53.4 Å². The molecule has 124 valence electrons. The molecule has 1 aromatic rings. The topological polar surface area (TPSA) is 40.6 Å². The van der Waals surface area contributed by atoms with Crippen molar-refractivity contribution >= 4 is 23.6 Å². The van der Waals surface area contributed by atoms with E-state index in [-0.39, 0.29) is 23.7 Å². The Morgan fingerprint density at radius 1 is 1.35 bits per heavy atom. The lowest BCUT2D eigenvalue weighted by Gasteiger charge is -2.29. The molecule has 1 saturated carbocycles. The van der Waals surface area contributed by atoms with Gasteiger partial charge >= 0.3 is 0 Å². The van der Waals surface area contributed by atoms with E-state index >= 15 is 0 Å². The molecule has 23 heavy (non-hydrogen) atoms. The molecular formula is C17H21FN2O2S. The Morgan fingerprint density at radius 3 is 2.65 bits per heavy atom. The second kappa shape index (κ2) is 6.15. The van der Waals surface area contributed by atoms with Gasteiger partial charge in [-0.3, -0.25) is 9.59 Å². The molecule has 0 bridgehead atoms. The quantitative estimate of drug-likeness (QED) is 0.846. The Kier molecular flexibility index (Phi) is 4.36. The highest BCUT2D eigenvalue weighted by Gasteiger charge is 2.54. The summed E-state index contributed by atoms with van der Waals surface area (Å²) in [5.74, 6) is 0.889. The number of amides is 2. The number of likely N-dealkylation sites (N-methyl/N-ethyl adjacent to an activating group) is 1. The average Bonchev–Trinajstić information content (AvgIpc) is 3.14. The third-order valence-corrected chi connectivity index (χ3v) is 5.68. The molecule has 1 aliphatic heterocycles. The summed E-state index contributed by atoms with van der Waals surface area (Å²) in [7, 11) is 3.42. The summed E-state index contributed by atoms with van der Waals surface area (Å²) in [6.45, 7) is 0. The smallest absolute Gasteiger partial charge is 0.245 e. The van der Waals surface area contributed by atoms with Gasteiger partial charge in [0, 0.05) is 19.8 Å². The first-order chi connectivity index (χ1) is 10.9. The first-order valence-corrected chi connectivity index (χ1v) is 8.93. The number of halogens is 1. The zero-order chi connectivity index (χ0) is 16.6. The number of benzene rings is 1. The van der Waals surface area contributed by atoms with E-state index in [1.165, 1.54) is 11.0 Å². The van der Waals surface area contributed by atoms with Crippen molar-refractivity contribution in [1.29, 1.82) is 0 Å². The number of hydrogen-bond donors (Lipinski definition) is 0. The number of rotatable bonds is 4. The SMILES string of the molecule is CN(C)C(=O)C1CSCN1C(=O)C1(Cc2ccccc2F)CC1. The fourth-order valence-electron chi connectivity index (χ4n) is 3.07. The first kappa shape index (κ1) is 16.3. The minimum absolute atomic E-state index is 0.00551. The Hall–Kier alpha value is -1.56. The fourth-order valence-corrected chi connectivity index (χ4v) is 4.22. The highest BCUT2D eigenvalue weighted by Crippen LogP contribution is 2.51. The Balaban J connectivity index is 1.77. The van der Waals surface area contributed by atoms with Crippen LogP contribution < -0.4 is 0 Å². The van der Waals surface area contributed by atoms with Gasteiger partial charge in [-0.2, -0.15) is 0 Å². The van der Waals surface area contributed by atoms with Gasteiger partial charge in [0.05, 0.1) is 11.3 Å². The van der Waals surface area contributed by atoms with Gasteiger partial charge in [0.1, 0.15) is 11.9 Å². The molecule has 1 aromatic carbocycles. The molecule has 2 fully saturated rings. The van der Waals surface area contributed by atoms with Crippen LogP contribution in [0.15, 0.2) is 24.3 Å². The molecule has 6 heteroatoms. The van der Waals surface area contributed by atoms with Crippen LogP contribution in [0.3, 0.4) is 0 Å². The molecule has 0 aromatic heterocycles. The molecular weight excluding hydrogens is 315 g/mol. The lowest BCUT2D eigenvalue weighted by atomic mass is 9.94. The van der Waals surface area contributed by atoms with Crippen molar-refractivity contribution in [3.05, 3.63) is 35.6 Å². The predicted molar refractivity (Wildman–Crippen MR) is 88.4 cm³/mol. The molecule has 4 nitrogen and oxygen atoms in total. The van der Waals surface area contributed by atoms with E-state index in [1.54, 1.807) is 49.0 Å². The molecule has 2 amide bonds. The second-order valence-electron chi connectivity index (χ2n) is 6.57. The highest BCUT2D eigenvalue weighted by atomic mass is 32.2. The largest absolute Gasteiger partial charge is 0.347 e. The Morgan fingerprint density at radius 2 is 2.04 bits per heavy atom. The number of carbonyl (C=O) groups is 2. The van der Waals surface area contributed by atoms with E-state index in [4.69, 9.17) is 0 Å². The van der Waals surface area contributed by atoms with Gasteiger partial charge in [0.25, 0.3) is 0 Å². The predicted octanol–water partition coefficient (Wildman–Crippen LogP) is 2.14. The maximum atomic E-state index is 13.9. The van der Waals surface area contributed by atoms with Crippen LogP contribution in [0.5, 0.6) is 0 Å². The van der Waals surface area contributed by atoms with E-state index in [9.17, 15) is 14.0 Å². The standard InChI is InChI=1S/C17H21FN2O2S/c1-19(2)15(21)14-10-23-11-20(14)16(22)17(7-8-17)9-12-5-3-4-6-13(12)18/h3-6,14H,7-11H2,1-2H3. The zero-order valence-electron chi connectivity index (χ0n) is 13.4. The summed E-state index contributed by atoms with van der Waals surface area (Å²) in [4.78, 5) is 28.5. The maximum absolute atomic E-state index is 13.9. The van der Waals surface area contributed by atoms with E-state index in [0.29, 0.717) is 23.6 Å². The molecule has 1 unspecified atom stereocenters. The summed E-state index contributed by atoms with van der Waals surface area (Å²) in [6, 6.07) is 6.23. The second-order valence-corrected chi connectivity index (χ2v) is 7.57. The Labute approximate surface area is 140 Å². The molecule has 3 rings (SSSR count). The minimum Gasteiger partial charge on any atom is -0.347 e. The molecule has 0 N–H and O–H groups in total. The molecule has 1 aliphatic carbocycles. The summed E-state index contributed by atoms with van der Waals surface area (Å²) in [5, 5.41) is 0. The fraction of sp³-hybridized carbons (Fsp3) is 0.529. The van der Waals surface area contributed by atoms with Crippen molar-refractivity contribution in [2.45, 2.75) is 25.3 Å². The lowest BCUT2D eigenvalue weighted by Crippen LogP contribution is -2.49. The highest BCUT2D eigenvalue weighted by molar-refractivity contribution is 7.99. The lowest BCUT2D eigenvalue weighted by molar-refractivity contribution is -0.145. The van der Waals surface area contributed by atoms with Gasteiger partial charge in [-0.1, -0.05) is 18.2 Å². The van der Waals surface area contributed by atoms with Crippen molar-refractivity contribution in [2.24, 2.45) is 5.41 Å². The number of carbonyl (C=O) groups excluding carboxylic acids is 2. The molecule has 1 heterocycles. The minimum atomic E-state index is -0.516. The molecule has 0 spiro atoms. The molecule has 1 saturated heterocycles. The van der Waals surface area contributed by atoms with Gasteiger partial charge in [0.2, 0.25) is 11.8 Å². The Bertz CT molecular complexity index is 631. The van der Waals surface area contributed by atoms with Crippen LogP contribution in [0, 0.1) is 11.2 Å². The molecule has 2 aliphatic rings. The van der Waals surface area contributed by atoms with E-state index in [1.807, 2.05) is 0 Å². The number of thioether (sulfide) groups is 1. The van der Waals surface area contributed by atoms with Gasteiger partial charge in [-0.25, -0.2) is 4.39 Å². The average molecular weight is 336 g/mol. The monoisotopic (exact) mass is 336 g/mol. The van der Waals surface area contributed by atoms with Crippen molar-refractivity contribution in [3.63, 3.8) is 0 Å². The van der Waals surface area contributed by atoms with Gasteiger partial charge in [0.15, 0.2) is 0 Å². The van der Waals surface area contributed by atoms with Crippen LogP contribution in [0.2, 0.25) is 0 Å². The summed E-state index contributed by atoms with van der Waals surface area (Å²) in [5.41, 5.74) is 0.0680. The van der Waals surface area contributed by atoms with E-state index < -0.39 is 5.41 Å². The molecule has 0 radical (unpaired) electrons. The van der Waals surface area contributed by atoms with Crippen LogP contribution in [0.4, 0.5) is 4.39 Å². The van der Waals surface area contributed by atoms with E-state index in [2.05, 4.69) is 0 Å². The van der Waals surface area contributed by atoms with Crippen molar-refractivity contribution in [2.75, 3.05) is 25.7 Å². The van der Waals surface area contributed by atoms with Crippen LogP contribution in [0.25, 0.3) is 0 Å². The van der Waals surface area contributed by atoms with E-state index in [0.717, 1.165) is 12.8 Å². The van der Waals surface area contributed by atoms with Crippen molar-refractivity contribution < 1.29 is 14.0 Å². The van der Waals surface area contributed by atoms with Gasteiger partial charge < -0.3 is 9.80 Å². The summed E-state index contributed by atoms with van der Waals surface area (Å²) < 4.78 is 13.9. The third kappa shape index (κ3) is 3.09. The van der Waals surface area contributed by atoms with Crippen molar-refractivity contribution in [1.82, 2.24) is 9.80 Å². The van der Waals surface area contributed by atoms with Crippen molar-refractivity contribution in [3.8, 4) is 0 Å². The molecule has 1 atom stereocenters. The van der Waals surface area contributed by atoms with Crippen LogP contribution in [-0.2, 0) is 16.0 Å². The van der Waals surface area contributed by atoms with Gasteiger partial charge in [-0.15, -0.1) is 11.8 Å². The normalized spacial score (nSPS) is 22.0. The van der Waals surface area contributed by atoms with Gasteiger partial charge in [-0.05, 0) is 30.9 Å². The maximum Gasteiger partial charge on any atom is 0.245 e.